The van der Waals surface area contributed by atoms with Crippen LogP contribution < -0.4 is 0 Å². The fourth-order valence-electron chi connectivity index (χ4n) is 3.73. The Morgan fingerprint density at radius 3 is 2.65 bits per heavy atom. The molecule has 0 aliphatic carbocycles. The van der Waals surface area contributed by atoms with E-state index in [4.69, 9.17) is 0 Å². The van der Waals surface area contributed by atoms with Crippen molar-refractivity contribution in [1.82, 2.24) is 9.80 Å². The van der Waals surface area contributed by atoms with Crippen molar-refractivity contribution in [3.63, 3.8) is 0 Å². The number of fused-ring (bicyclic) bond motifs is 1. The highest BCUT2D eigenvalue weighted by Crippen LogP contribution is 2.26. The molecule has 0 saturated carbocycles. The first kappa shape index (κ1) is 14.1. The molecule has 1 aromatic rings. The molecule has 3 unspecified atom stereocenters. The van der Waals surface area contributed by atoms with Crippen LogP contribution in [0.15, 0.2) is 30.3 Å². The highest BCUT2D eigenvalue weighted by molar-refractivity contribution is 5.18. The highest BCUT2D eigenvalue weighted by atomic mass is 16.3. The van der Waals surface area contributed by atoms with Gasteiger partial charge in [-0.05, 0) is 51.4 Å². The molecule has 3 heteroatoms. The number of rotatable bonds is 3. The number of hydrogen-bond acceptors (Lipinski definition) is 3. The van der Waals surface area contributed by atoms with Gasteiger partial charge in [0.2, 0.25) is 0 Å². The Kier molecular flexibility index (Phi) is 4.39. The lowest BCUT2D eigenvalue weighted by molar-refractivity contribution is 0.0539. The minimum Gasteiger partial charge on any atom is -0.387 e. The Hall–Kier alpha value is -0.900. The molecule has 0 aromatic heterocycles. The van der Waals surface area contributed by atoms with Gasteiger partial charge < -0.3 is 5.11 Å². The van der Waals surface area contributed by atoms with E-state index in [1.54, 1.807) is 0 Å². The molecule has 20 heavy (non-hydrogen) atoms. The molecule has 1 N–H and O–H groups in total. The van der Waals surface area contributed by atoms with Gasteiger partial charge in [0.1, 0.15) is 0 Å². The van der Waals surface area contributed by atoms with E-state index in [2.05, 4.69) is 16.7 Å². The summed E-state index contributed by atoms with van der Waals surface area (Å²) < 4.78 is 0. The van der Waals surface area contributed by atoms with E-state index in [0.29, 0.717) is 6.04 Å². The van der Waals surface area contributed by atoms with Gasteiger partial charge in [0, 0.05) is 18.6 Å². The van der Waals surface area contributed by atoms with Crippen LogP contribution in [0.2, 0.25) is 0 Å². The number of hydrogen-bond donors (Lipinski definition) is 1. The van der Waals surface area contributed by atoms with Crippen LogP contribution in [-0.2, 0) is 0 Å². The van der Waals surface area contributed by atoms with Crippen molar-refractivity contribution in [3.8, 4) is 0 Å². The quantitative estimate of drug-likeness (QED) is 0.916. The van der Waals surface area contributed by atoms with Crippen LogP contribution in [0.25, 0.3) is 0 Å². The maximum Gasteiger partial charge on any atom is 0.0942 e. The molecular weight excluding hydrogens is 248 g/mol. The summed E-state index contributed by atoms with van der Waals surface area (Å²) in [5.41, 5.74) is 1.03. The third-order valence-corrected chi connectivity index (χ3v) is 5.01. The molecule has 2 fully saturated rings. The molecule has 3 rings (SSSR count). The molecule has 1 aromatic carbocycles. The van der Waals surface area contributed by atoms with E-state index in [9.17, 15) is 5.11 Å². The Morgan fingerprint density at radius 1 is 1.10 bits per heavy atom. The summed E-state index contributed by atoms with van der Waals surface area (Å²) in [5, 5.41) is 10.6. The van der Waals surface area contributed by atoms with Gasteiger partial charge in [0.05, 0.1) is 6.10 Å². The van der Waals surface area contributed by atoms with Gasteiger partial charge in [-0.25, -0.2) is 0 Å². The normalized spacial score (nSPS) is 27.8. The highest BCUT2D eigenvalue weighted by Gasteiger charge is 2.32. The number of aliphatic hydroxyl groups is 1. The van der Waals surface area contributed by atoms with E-state index in [1.165, 1.54) is 32.4 Å². The molecule has 0 radical (unpaired) electrons. The van der Waals surface area contributed by atoms with Crippen molar-refractivity contribution in [1.29, 1.82) is 0 Å². The zero-order valence-electron chi connectivity index (χ0n) is 12.4. The van der Waals surface area contributed by atoms with Crippen LogP contribution in [0.3, 0.4) is 0 Å². The molecule has 0 amide bonds. The first-order chi connectivity index (χ1) is 9.75. The minimum atomic E-state index is -0.385. The number of nitrogens with zero attached hydrogens (tertiary/aromatic N) is 2. The largest absolute Gasteiger partial charge is 0.387 e. The third-order valence-electron chi connectivity index (χ3n) is 5.01. The van der Waals surface area contributed by atoms with E-state index >= 15 is 0 Å². The lowest BCUT2D eigenvalue weighted by atomic mass is 10.0. The summed E-state index contributed by atoms with van der Waals surface area (Å²) in [6.45, 7) is 6.90. The van der Waals surface area contributed by atoms with Crippen LogP contribution in [0.4, 0.5) is 0 Å². The SMILES string of the molecule is CC(C(O)c1ccccc1)N1CCCN2CCCC2C1. The monoisotopic (exact) mass is 274 g/mol. The summed E-state index contributed by atoms with van der Waals surface area (Å²) in [6, 6.07) is 11.0. The number of benzene rings is 1. The fraction of sp³-hybridized carbons (Fsp3) is 0.647. The predicted octanol–water partition coefficient (Wildman–Crippen LogP) is 2.28. The standard InChI is InChI=1S/C17H26N2O/c1-14(17(20)15-7-3-2-4-8-15)19-12-6-11-18-10-5-9-16(18)13-19/h2-4,7-8,14,16-17,20H,5-6,9-13H2,1H3. The molecule has 110 valence electrons. The zero-order valence-corrected chi connectivity index (χ0v) is 12.4. The van der Waals surface area contributed by atoms with Crippen molar-refractivity contribution in [2.75, 3.05) is 26.2 Å². The molecular formula is C17H26N2O. The van der Waals surface area contributed by atoms with Gasteiger partial charge in [-0.3, -0.25) is 9.80 Å². The second-order valence-electron chi connectivity index (χ2n) is 6.28. The summed E-state index contributed by atoms with van der Waals surface area (Å²) in [4.78, 5) is 5.13. The summed E-state index contributed by atoms with van der Waals surface area (Å²) in [7, 11) is 0. The van der Waals surface area contributed by atoms with Gasteiger partial charge in [-0.2, -0.15) is 0 Å². The van der Waals surface area contributed by atoms with Gasteiger partial charge in [-0.1, -0.05) is 30.3 Å². The molecule has 0 bridgehead atoms. The van der Waals surface area contributed by atoms with Crippen LogP contribution in [0.1, 0.15) is 37.9 Å². The second-order valence-corrected chi connectivity index (χ2v) is 6.28. The average molecular weight is 274 g/mol. The van der Waals surface area contributed by atoms with Crippen molar-refractivity contribution >= 4 is 0 Å². The Labute approximate surface area is 122 Å². The fourth-order valence-corrected chi connectivity index (χ4v) is 3.73. The van der Waals surface area contributed by atoms with E-state index in [1.807, 2.05) is 30.3 Å². The molecule has 2 heterocycles. The molecule has 3 nitrogen and oxygen atoms in total. The van der Waals surface area contributed by atoms with Gasteiger partial charge in [0.25, 0.3) is 0 Å². The lowest BCUT2D eigenvalue weighted by Gasteiger charge is -2.33. The van der Waals surface area contributed by atoms with Crippen molar-refractivity contribution in [3.05, 3.63) is 35.9 Å². The summed E-state index contributed by atoms with van der Waals surface area (Å²) in [6.07, 6.45) is 3.50. The van der Waals surface area contributed by atoms with Crippen LogP contribution in [0, 0.1) is 0 Å². The third kappa shape index (κ3) is 2.90. The molecule has 3 atom stereocenters. The van der Waals surface area contributed by atoms with Crippen LogP contribution >= 0.6 is 0 Å². The molecule has 2 aliphatic rings. The van der Waals surface area contributed by atoms with Crippen molar-refractivity contribution < 1.29 is 5.11 Å². The summed E-state index contributed by atoms with van der Waals surface area (Å²) in [5.74, 6) is 0. The number of aliphatic hydroxyl groups excluding tert-OH is 1. The molecule has 0 spiro atoms. The maximum absolute atomic E-state index is 10.6. The van der Waals surface area contributed by atoms with Crippen LogP contribution in [0.5, 0.6) is 0 Å². The van der Waals surface area contributed by atoms with Crippen molar-refractivity contribution in [2.45, 2.75) is 44.4 Å². The Balaban J connectivity index is 1.68. The second kappa shape index (κ2) is 6.25. The Bertz CT molecular complexity index is 422. The van der Waals surface area contributed by atoms with E-state index in [-0.39, 0.29) is 12.1 Å². The first-order valence-corrected chi connectivity index (χ1v) is 7.97. The van der Waals surface area contributed by atoms with E-state index < -0.39 is 0 Å². The average Bonchev–Trinajstić information content (AvgIpc) is 2.83. The predicted molar refractivity (Wildman–Crippen MR) is 81.6 cm³/mol. The zero-order chi connectivity index (χ0) is 13.9. The van der Waals surface area contributed by atoms with Gasteiger partial charge >= 0.3 is 0 Å². The van der Waals surface area contributed by atoms with E-state index in [0.717, 1.165) is 18.7 Å². The lowest BCUT2D eigenvalue weighted by Crippen LogP contribution is -2.43. The van der Waals surface area contributed by atoms with Gasteiger partial charge in [-0.15, -0.1) is 0 Å². The van der Waals surface area contributed by atoms with Crippen molar-refractivity contribution in [2.24, 2.45) is 0 Å². The molecule has 2 aliphatic heterocycles. The smallest absolute Gasteiger partial charge is 0.0942 e. The first-order valence-electron chi connectivity index (χ1n) is 7.97. The van der Waals surface area contributed by atoms with Gasteiger partial charge in [0.15, 0.2) is 0 Å². The minimum absolute atomic E-state index is 0.193. The summed E-state index contributed by atoms with van der Waals surface area (Å²) >= 11 is 0. The topological polar surface area (TPSA) is 26.7 Å². The van der Waals surface area contributed by atoms with Crippen LogP contribution in [-0.4, -0.2) is 53.2 Å². The maximum atomic E-state index is 10.6. The molecule has 2 saturated heterocycles. The Morgan fingerprint density at radius 2 is 1.85 bits per heavy atom.